The smallest absolute Gasteiger partial charge is 0.224 e. The second-order valence-corrected chi connectivity index (χ2v) is 6.70. The summed E-state index contributed by atoms with van der Waals surface area (Å²) in [7, 11) is -1.84. The zero-order valence-electron chi connectivity index (χ0n) is 9.27. The number of para-hydroxylation sites is 1. The maximum atomic E-state index is 13.1. The summed E-state index contributed by atoms with van der Waals surface area (Å²) in [5, 5.41) is 0. The Morgan fingerprint density at radius 3 is 2.65 bits per heavy atom. The van der Waals surface area contributed by atoms with E-state index in [1.165, 1.54) is 19.2 Å². The largest absolute Gasteiger partial charge is 0.489 e. The molecule has 7 heteroatoms. The van der Waals surface area contributed by atoms with Gasteiger partial charge < -0.3 is 4.74 Å². The highest BCUT2D eigenvalue weighted by molar-refractivity contribution is 9.10. The van der Waals surface area contributed by atoms with Crippen LogP contribution in [0.2, 0.25) is 0 Å². The van der Waals surface area contributed by atoms with Crippen LogP contribution in [0.15, 0.2) is 24.3 Å². The molecule has 4 nitrogen and oxygen atoms in total. The molecular weight excluding hydrogens is 313 g/mol. The molecule has 0 amide bonds. The summed E-state index contributed by atoms with van der Waals surface area (Å²) in [6, 6.07) is 5.99. The highest BCUT2D eigenvalue weighted by atomic mass is 79.9. The van der Waals surface area contributed by atoms with Crippen LogP contribution in [0.1, 0.15) is 0 Å². The molecule has 0 heterocycles. The van der Waals surface area contributed by atoms with E-state index in [2.05, 4.69) is 15.9 Å². The molecule has 0 fully saturated rings. The first-order valence-corrected chi connectivity index (χ1v) is 7.58. The van der Waals surface area contributed by atoms with Crippen LogP contribution in [0.4, 0.5) is 4.39 Å². The van der Waals surface area contributed by atoms with Crippen molar-refractivity contribution in [2.45, 2.75) is 0 Å². The average molecular weight is 326 g/mol. The lowest BCUT2D eigenvalue weighted by atomic mass is 10.3. The molecule has 0 aliphatic rings. The Morgan fingerprint density at radius 2 is 2.06 bits per heavy atom. The summed E-state index contributed by atoms with van der Waals surface area (Å²) < 4.78 is 42.0. The lowest BCUT2D eigenvalue weighted by Gasteiger charge is -2.15. The topological polar surface area (TPSA) is 46.6 Å². The first kappa shape index (κ1) is 14.4. The van der Waals surface area contributed by atoms with Crippen molar-refractivity contribution >= 4 is 26.0 Å². The number of benzene rings is 1. The van der Waals surface area contributed by atoms with Crippen molar-refractivity contribution in [3.05, 3.63) is 30.1 Å². The molecule has 0 aliphatic heterocycles. The van der Waals surface area contributed by atoms with Gasteiger partial charge in [0.25, 0.3) is 0 Å². The zero-order chi connectivity index (χ0) is 12.9. The Kier molecular flexibility index (Phi) is 5.35. The van der Waals surface area contributed by atoms with Gasteiger partial charge in [0.15, 0.2) is 11.6 Å². The van der Waals surface area contributed by atoms with Crippen molar-refractivity contribution in [1.29, 1.82) is 0 Å². The normalized spacial score (nSPS) is 11.8. The molecule has 1 aromatic carbocycles. The molecule has 0 bridgehead atoms. The molecule has 0 N–H and O–H groups in total. The van der Waals surface area contributed by atoms with Gasteiger partial charge in [-0.25, -0.2) is 17.1 Å². The van der Waals surface area contributed by atoms with Crippen LogP contribution in [0.3, 0.4) is 0 Å². The van der Waals surface area contributed by atoms with Gasteiger partial charge in [-0.15, -0.1) is 0 Å². The van der Waals surface area contributed by atoms with Crippen LogP contribution in [0.5, 0.6) is 5.75 Å². The Balaban J connectivity index is 2.47. The molecule has 0 spiro atoms. The van der Waals surface area contributed by atoms with E-state index in [0.717, 1.165) is 4.31 Å². The number of halogens is 2. The Bertz CT molecular complexity index is 466. The van der Waals surface area contributed by atoms with Gasteiger partial charge >= 0.3 is 0 Å². The molecule has 1 aromatic rings. The Hall–Kier alpha value is -0.660. The lowest BCUT2D eigenvalue weighted by Crippen LogP contribution is -2.31. The third-order valence-electron chi connectivity index (χ3n) is 2.11. The first-order chi connectivity index (χ1) is 7.97. The first-order valence-electron chi connectivity index (χ1n) is 4.84. The Morgan fingerprint density at radius 1 is 1.41 bits per heavy atom. The van der Waals surface area contributed by atoms with Gasteiger partial charge in [0.05, 0.1) is 0 Å². The summed E-state index contributed by atoms with van der Waals surface area (Å²) in [6.45, 7) is 0.270. The van der Waals surface area contributed by atoms with Crippen LogP contribution < -0.4 is 4.74 Å². The number of alkyl halides is 1. The molecule has 0 unspecified atom stereocenters. The third-order valence-corrected chi connectivity index (χ3v) is 5.26. The van der Waals surface area contributed by atoms with E-state index in [0.29, 0.717) is 0 Å². The molecular formula is C10H13BrFNO3S. The van der Waals surface area contributed by atoms with Gasteiger partial charge in [-0.1, -0.05) is 28.1 Å². The summed E-state index contributed by atoms with van der Waals surface area (Å²) in [5.74, 6) is -0.337. The summed E-state index contributed by atoms with van der Waals surface area (Å²) >= 11 is 2.89. The van der Waals surface area contributed by atoms with E-state index in [1.807, 2.05) is 0 Å². The van der Waals surface area contributed by atoms with Crippen LogP contribution in [-0.4, -0.2) is 37.6 Å². The van der Waals surface area contributed by atoms with Crippen molar-refractivity contribution in [2.75, 3.05) is 24.9 Å². The predicted molar refractivity (Wildman–Crippen MR) is 67.2 cm³/mol. The molecule has 0 atom stereocenters. The van der Waals surface area contributed by atoms with Crippen molar-refractivity contribution in [1.82, 2.24) is 4.31 Å². The molecule has 0 aromatic heterocycles. The fraction of sp³-hybridized carbons (Fsp3) is 0.400. The minimum absolute atomic E-state index is 0.101. The zero-order valence-corrected chi connectivity index (χ0v) is 11.7. The number of rotatable bonds is 6. The quantitative estimate of drug-likeness (QED) is 0.749. The summed E-state index contributed by atoms with van der Waals surface area (Å²) in [4.78, 5) is 0. The number of hydrogen-bond donors (Lipinski definition) is 0. The van der Waals surface area contributed by atoms with Crippen molar-refractivity contribution < 1.29 is 17.5 Å². The summed E-state index contributed by atoms with van der Waals surface area (Å²) in [6.07, 6.45) is 0. The van der Waals surface area contributed by atoms with E-state index in [-0.39, 0.29) is 23.6 Å². The number of sulfonamides is 1. The second-order valence-electron chi connectivity index (χ2n) is 3.32. The standard InChI is InChI=1S/C10H13BrFNO3S/c1-13(17(14,15)8-11)6-7-16-10-5-3-2-4-9(10)12/h2-5H,6-8H2,1H3. The maximum Gasteiger partial charge on any atom is 0.224 e. The van der Waals surface area contributed by atoms with Crippen molar-refractivity contribution in [3.8, 4) is 5.75 Å². The SMILES string of the molecule is CN(CCOc1ccccc1F)S(=O)(=O)CBr. The van der Waals surface area contributed by atoms with Crippen molar-refractivity contribution in [2.24, 2.45) is 0 Å². The number of ether oxygens (including phenoxy) is 1. The van der Waals surface area contributed by atoms with Gasteiger partial charge in [0, 0.05) is 13.6 Å². The highest BCUT2D eigenvalue weighted by Crippen LogP contribution is 2.15. The lowest BCUT2D eigenvalue weighted by molar-refractivity contribution is 0.275. The maximum absolute atomic E-state index is 13.1. The van der Waals surface area contributed by atoms with Crippen LogP contribution in [0.25, 0.3) is 0 Å². The Labute approximate surface area is 109 Å². The van der Waals surface area contributed by atoms with Crippen LogP contribution in [0, 0.1) is 5.82 Å². The minimum Gasteiger partial charge on any atom is -0.489 e. The second kappa shape index (κ2) is 6.32. The molecule has 17 heavy (non-hydrogen) atoms. The molecule has 96 valence electrons. The van der Waals surface area contributed by atoms with Crippen molar-refractivity contribution in [3.63, 3.8) is 0 Å². The van der Waals surface area contributed by atoms with E-state index in [1.54, 1.807) is 12.1 Å². The van der Waals surface area contributed by atoms with Gasteiger partial charge in [0.2, 0.25) is 10.0 Å². The molecule has 0 radical (unpaired) electrons. The van der Waals surface area contributed by atoms with Crippen LogP contribution >= 0.6 is 15.9 Å². The monoisotopic (exact) mass is 325 g/mol. The molecule has 0 aliphatic carbocycles. The fourth-order valence-electron chi connectivity index (χ4n) is 1.07. The van der Waals surface area contributed by atoms with Gasteiger partial charge in [-0.05, 0) is 12.1 Å². The van der Waals surface area contributed by atoms with E-state index < -0.39 is 15.8 Å². The van der Waals surface area contributed by atoms with Gasteiger partial charge in [-0.3, -0.25) is 0 Å². The minimum atomic E-state index is -3.29. The number of likely N-dealkylation sites (N-methyl/N-ethyl adjacent to an activating group) is 1. The average Bonchev–Trinajstić information content (AvgIpc) is 2.31. The summed E-state index contributed by atoms with van der Waals surface area (Å²) in [5.41, 5.74) is 0. The third kappa shape index (κ3) is 4.25. The van der Waals surface area contributed by atoms with Crippen LogP contribution in [-0.2, 0) is 10.0 Å². The van der Waals surface area contributed by atoms with E-state index in [9.17, 15) is 12.8 Å². The van der Waals surface area contributed by atoms with E-state index in [4.69, 9.17) is 4.74 Å². The van der Waals surface area contributed by atoms with E-state index >= 15 is 0 Å². The molecule has 0 saturated heterocycles. The predicted octanol–water partition coefficient (Wildman–Crippen LogP) is 1.82. The fourth-order valence-corrected chi connectivity index (χ4v) is 2.64. The highest BCUT2D eigenvalue weighted by Gasteiger charge is 2.15. The number of nitrogens with zero attached hydrogens (tertiary/aromatic N) is 1. The van der Waals surface area contributed by atoms with Gasteiger partial charge in [-0.2, -0.15) is 0 Å². The number of hydrogen-bond acceptors (Lipinski definition) is 3. The molecule has 0 saturated carbocycles. The van der Waals surface area contributed by atoms with Gasteiger partial charge in [0.1, 0.15) is 11.3 Å². The molecule has 1 rings (SSSR count).